The van der Waals surface area contributed by atoms with Gasteiger partial charge in [-0.1, -0.05) is 30.3 Å². The predicted octanol–water partition coefficient (Wildman–Crippen LogP) is 3.91. The van der Waals surface area contributed by atoms with Gasteiger partial charge < -0.3 is 24.8 Å². The quantitative estimate of drug-likeness (QED) is 0.474. The molecule has 3 aromatic rings. The average Bonchev–Trinajstić information content (AvgIpc) is 3.70. The Bertz CT molecular complexity index is 1390. The predicted molar refractivity (Wildman–Crippen MR) is 155 cm³/mol. The van der Waals surface area contributed by atoms with Crippen LogP contribution in [0.3, 0.4) is 0 Å². The van der Waals surface area contributed by atoms with E-state index in [4.69, 9.17) is 14.7 Å². The minimum atomic E-state index is 0.146. The zero-order valence-corrected chi connectivity index (χ0v) is 23.4. The highest BCUT2D eigenvalue weighted by Crippen LogP contribution is 2.46. The molecule has 8 heteroatoms. The van der Waals surface area contributed by atoms with E-state index in [1.807, 2.05) is 0 Å². The van der Waals surface area contributed by atoms with E-state index in [2.05, 4.69) is 83.5 Å². The van der Waals surface area contributed by atoms with Gasteiger partial charge in [0.05, 0.1) is 31.3 Å². The maximum Gasteiger partial charge on any atom is 0.318 e. The Morgan fingerprint density at radius 1 is 1.13 bits per heavy atom. The van der Waals surface area contributed by atoms with E-state index in [-0.39, 0.29) is 11.5 Å². The molecule has 0 spiro atoms. The molecule has 2 fully saturated rings. The molecule has 39 heavy (non-hydrogen) atoms. The lowest BCUT2D eigenvalue weighted by Crippen LogP contribution is -2.51. The number of hydrogen-bond acceptors (Lipinski definition) is 8. The summed E-state index contributed by atoms with van der Waals surface area (Å²) in [7, 11) is 4.25. The topological polar surface area (TPSA) is 80.6 Å². The molecule has 1 aliphatic carbocycles. The number of benzene rings is 2. The molecule has 0 amide bonds. The minimum Gasteiger partial charge on any atom is -0.463 e. The van der Waals surface area contributed by atoms with Crippen LogP contribution in [0.1, 0.15) is 36.1 Å². The van der Waals surface area contributed by atoms with Crippen molar-refractivity contribution >= 4 is 22.3 Å². The molecule has 204 valence electrons. The van der Waals surface area contributed by atoms with Crippen molar-refractivity contribution < 1.29 is 4.74 Å². The number of aryl methyl sites for hydroxylation is 1. The van der Waals surface area contributed by atoms with Crippen LogP contribution < -0.4 is 19.9 Å². The second-order valence-electron chi connectivity index (χ2n) is 11.9. The van der Waals surface area contributed by atoms with Gasteiger partial charge in [0, 0.05) is 60.8 Å². The summed E-state index contributed by atoms with van der Waals surface area (Å²) in [5.74, 6) is 0.991. The summed E-state index contributed by atoms with van der Waals surface area (Å²) in [6.45, 7) is 7.98. The van der Waals surface area contributed by atoms with Crippen molar-refractivity contribution in [3.8, 4) is 12.1 Å². The van der Waals surface area contributed by atoms with Crippen LogP contribution in [0.25, 0.3) is 10.8 Å². The highest BCUT2D eigenvalue weighted by molar-refractivity contribution is 5.97. The number of hydrogen-bond donors (Lipinski definition) is 1. The third-order valence-corrected chi connectivity index (χ3v) is 8.46. The Kier molecular flexibility index (Phi) is 7.05. The van der Waals surface area contributed by atoms with Gasteiger partial charge >= 0.3 is 6.01 Å². The van der Waals surface area contributed by atoms with E-state index in [0.717, 1.165) is 57.2 Å². The second kappa shape index (κ2) is 10.6. The van der Waals surface area contributed by atoms with Crippen LogP contribution in [-0.2, 0) is 13.0 Å². The van der Waals surface area contributed by atoms with E-state index >= 15 is 0 Å². The van der Waals surface area contributed by atoms with Gasteiger partial charge in [0.25, 0.3) is 0 Å². The van der Waals surface area contributed by atoms with Crippen LogP contribution in [0.4, 0.5) is 11.5 Å². The summed E-state index contributed by atoms with van der Waals surface area (Å²) < 4.78 is 6.37. The van der Waals surface area contributed by atoms with Crippen LogP contribution in [0.5, 0.6) is 6.01 Å². The zero-order valence-electron chi connectivity index (χ0n) is 23.4. The SMILES string of the molecule is Cc1cccc2cccc(N3CCc4c(nc(OCC5(CN(C)C)CC5)nc4N4CCNC(CC#N)C4)C3)c12. The molecule has 1 N–H and O–H groups in total. The molecule has 0 bridgehead atoms. The van der Waals surface area contributed by atoms with E-state index in [1.54, 1.807) is 0 Å². The zero-order chi connectivity index (χ0) is 27.0. The molecular formula is C31H39N7O. The van der Waals surface area contributed by atoms with E-state index in [9.17, 15) is 5.26 Å². The van der Waals surface area contributed by atoms with Crippen LogP contribution in [0.2, 0.25) is 0 Å². The third kappa shape index (κ3) is 5.39. The molecule has 6 rings (SSSR count). The number of nitrogens with one attached hydrogen (secondary N) is 1. The first-order valence-corrected chi connectivity index (χ1v) is 14.2. The molecule has 2 aliphatic heterocycles. The molecule has 1 aromatic heterocycles. The summed E-state index contributed by atoms with van der Waals surface area (Å²) >= 11 is 0. The highest BCUT2D eigenvalue weighted by atomic mass is 16.5. The maximum atomic E-state index is 9.30. The van der Waals surface area contributed by atoms with E-state index in [0.29, 0.717) is 19.0 Å². The lowest BCUT2D eigenvalue weighted by molar-refractivity contribution is 0.182. The van der Waals surface area contributed by atoms with Crippen molar-refractivity contribution in [1.82, 2.24) is 20.2 Å². The molecule has 3 aliphatic rings. The number of nitrogens with zero attached hydrogens (tertiary/aromatic N) is 6. The monoisotopic (exact) mass is 525 g/mol. The fourth-order valence-corrected chi connectivity index (χ4v) is 6.37. The Morgan fingerprint density at radius 3 is 2.72 bits per heavy atom. The normalized spacial score (nSPS) is 20.1. The van der Waals surface area contributed by atoms with Crippen LogP contribution in [0.15, 0.2) is 36.4 Å². The number of fused-ring (bicyclic) bond motifs is 2. The Balaban J connectivity index is 1.33. The number of piperazine rings is 1. The van der Waals surface area contributed by atoms with Crippen molar-refractivity contribution in [2.45, 2.75) is 45.2 Å². The van der Waals surface area contributed by atoms with Gasteiger partial charge in [0.1, 0.15) is 5.82 Å². The molecule has 1 atom stereocenters. The Hall–Kier alpha value is -3.41. The number of aromatic nitrogens is 2. The molecule has 1 saturated heterocycles. The first kappa shape index (κ1) is 25.8. The van der Waals surface area contributed by atoms with Crippen molar-refractivity contribution in [3.63, 3.8) is 0 Å². The van der Waals surface area contributed by atoms with Crippen molar-refractivity contribution in [1.29, 1.82) is 5.26 Å². The highest BCUT2D eigenvalue weighted by Gasteiger charge is 2.44. The lowest BCUT2D eigenvalue weighted by atomic mass is 9.99. The van der Waals surface area contributed by atoms with Crippen LogP contribution in [0, 0.1) is 23.7 Å². The largest absolute Gasteiger partial charge is 0.463 e. The molecular weight excluding hydrogens is 486 g/mol. The first-order valence-electron chi connectivity index (χ1n) is 14.2. The van der Waals surface area contributed by atoms with Crippen molar-refractivity contribution in [3.05, 3.63) is 53.2 Å². The van der Waals surface area contributed by atoms with Gasteiger partial charge in [-0.15, -0.1) is 0 Å². The third-order valence-electron chi connectivity index (χ3n) is 8.46. The fourth-order valence-electron chi connectivity index (χ4n) is 6.37. The minimum absolute atomic E-state index is 0.146. The van der Waals surface area contributed by atoms with E-state index in [1.165, 1.54) is 40.4 Å². The Morgan fingerprint density at radius 2 is 1.95 bits per heavy atom. The summed E-state index contributed by atoms with van der Waals surface area (Å²) in [5, 5.41) is 15.4. The number of ether oxygens (including phenoxy) is 1. The Labute approximate surface area is 231 Å². The standard InChI is InChI=1S/C31H39N7O/c1-22-6-4-7-23-8-5-9-27(28(22)23)37-16-11-25-26(19-37)34-30(39-21-31(12-13-31)20-36(2)3)35-29(25)38-17-15-33-24(18-38)10-14-32/h4-9,24,33H,10-13,15-21H2,1-3H3. The van der Waals surface area contributed by atoms with Gasteiger partial charge in [-0.25, -0.2) is 0 Å². The van der Waals surface area contributed by atoms with Crippen LogP contribution >= 0.6 is 0 Å². The van der Waals surface area contributed by atoms with E-state index < -0.39 is 0 Å². The average molecular weight is 526 g/mol. The lowest BCUT2D eigenvalue weighted by Gasteiger charge is -2.37. The summed E-state index contributed by atoms with van der Waals surface area (Å²) in [6, 6.07) is 16.1. The first-order chi connectivity index (χ1) is 18.9. The van der Waals surface area contributed by atoms with Gasteiger partial charge in [-0.3, -0.25) is 0 Å². The number of nitriles is 1. The van der Waals surface area contributed by atoms with Gasteiger partial charge in [0.2, 0.25) is 0 Å². The molecule has 1 unspecified atom stereocenters. The molecule has 2 aromatic carbocycles. The molecule has 0 radical (unpaired) electrons. The van der Waals surface area contributed by atoms with Crippen molar-refractivity contribution in [2.75, 3.05) is 63.2 Å². The summed E-state index contributed by atoms with van der Waals surface area (Å²) in [6.07, 6.45) is 3.74. The number of rotatable bonds is 8. The van der Waals surface area contributed by atoms with Crippen molar-refractivity contribution in [2.24, 2.45) is 5.41 Å². The molecule has 3 heterocycles. The smallest absolute Gasteiger partial charge is 0.318 e. The fraction of sp³-hybridized carbons (Fsp3) is 0.516. The number of anilines is 2. The van der Waals surface area contributed by atoms with Gasteiger partial charge in [-0.2, -0.15) is 15.2 Å². The van der Waals surface area contributed by atoms with Gasteiger partial charge in [-0.05, 0) is 57.3 Å². The summed E-state index contributed by atoms with van der Waals surface area (Å²) in [5.41, 5.74) is 5.05. The second-order valence-corrected chi connectivity index (χ2v) is 11.9. The van der Waals surface area contributed by atoms with Crippen LogP contribution in [-0.4, -0.2) is 74.3 Å². The maximum absolute atomic E-state index is 9.30. The van der Waals surface area contributed by atoms with Gasteiger partial charge in [0.15, 0.2) is 0 Å². The molecule has 1 saturated carbocycles. The summed E-state index contributed by atoms with van der Waals surface area (Å²) in [4.78, 5) is 17.1. The molecule has 8 nitrogen and oxygen atoms in total.